The van der Waals surface area contributed by atoms with Crippen LogP contribution in [-0.4, -0.2) is 16.5 Å². The molecule has 0 fully saturated rings. The Morgan fingerprint density at radius 3 is 2.80 bits per heavy atom. The molecule has 2 aliphatic heterocycles. The summed E-state index contributed by atoms with van der Waals surface area (Å²) < 4.78 is 13.0. The number of cyclic esters (lactones) is 1. The molecule has 0 N–H and O–H groups in total. The van der Waals surface area contributed by atoms with E-state index < -0.39 is 17.5 Å². The summed E-state index contributed by atoms with van der Waals surface area (Å²) >= 11 is 0. The van der Waals surface area contributed by atoms with Crippen LogP contribution in [0.3, 0.4) is 0 Å². The van der Waals surface area contributed by atoms with Crippen LogP contribution >= 0.6 is 0 Å². The molecular weight excluding hydrogens is 388 g/mol. The van der Waals surface area contributed by atoms with Crippen molar-refractivity contribution in [3.8, 4) is 11.4 Å². The third-order valence-corrected chi connectivity index (χ3v) is 5.89. The van der Waals surface area contributed by atoms with Crippen molar-refractivity contribution < 1.29 is 23.8 Å². The number of rotatable bonds is 2. The quantitative estimate of drug-likeness (QED) is 0.286. The van der Waals surface area contributed by atoms with Gasteiger partial charge in [0.25, 0.3) is 5.56 Å². The standard InChI is InChI=1S/C22H18N2O6/c1-3-22(30-12(2)25)16-9-18-19-14(8-13-6-4-5-7-17(13)24(19)28)10-23(18)20(26)15(16)11-29-21(22)27/h4-9H,3,10-11H2,1-2H3. The van der Waals surface area contributed by atoms with Crippen LogP contribution in [0.4, 0.5) is 0 Å². The molecule has 2 aromatic heterocycles. The molecule has 0 radical (unpaired) electrons. The molecule has 0 aliphatic carbocycles. The van der Waals surface area contributed by atoms with Crippen LogP contribution in [0.5, 0.6) is 0 Å². The van der Waals surface area contributed by atoms with Crippen LogP contribution in [0.2, 0.25) is 0 Å². The topological polar surface area (TPSA) is 102 Å². The molecule has 2 aliphatic rings. The summed E-state index contributed by atoms with van der Waals surface area (Å²) in [6.45, 7) is 2.92. The van der Waals surface area contributed by atoms with Gasteiger partial charge in [0.05, 0.1) is 12.1 Å². The van der Waals surface area contributed by atoms with Gasteiger partial charge < -0.3 is 14.7 Å². The van der Waals surface area contributed by atoms with Crippen LogP contribution in [0.15, 0.2) is 41.2 Å². The van der Waals surface area contributed by atoms with Crippen LogP contribution in [0, 0.1) is 5.21 Å². The van der Waals surface area contributed by atoms with E-state index in [-0.39, 0.29) is 36.3 Å². The van der Waals surface area contributed by atoms with Crippen LogP contribution in [-0.2, 0) is 37.8 Å². The zero-order valence-corrected chi connectivity index (χ0v) is 16.4. The van der Waals surface area contributed by atoms with Gasteiger partial charge in [0, 0.05) is 29.5 Å². The highest BCUT2D eigenvalue weighted by molar-refractivity contribution is 5.87. The highest BCUT2D eigenvalue weighted by atomic mass is 16.6. The first kappa shape index (κ1) is 18.4. The predicted molar refractivity (Wildman–Crippen MR) is 105 cm³/mol. The lowest BCUT2D eigenvalue weighted by Gasteiger charge is -2.35. The summed E-state index contributed by atoms with van der Waals surface area (Å²) in [5, 5.41) is 13.9. The van der Waals surface area contributed by atoms with E-state index in [9.17, 15) is 19.6 Å². The second-order valence-corrected chi connectivity index (χ2v) is 7.53. The summed E-state index contributed by atoms with van der Waals surface area (Å²) in [6.07, 6.45) is 0.100. The Hall–Kier alpha value is -3.68. The maximum Gasteiger partial charge on any atom is 0.355 e. The molecule has 8 nitrogen and oxygen atoms in total. The van der Waals surface area contributed by atoms with Gasteiger partial charge >= 0.3 is 11.9 Å². The minimum absolute atomic E-state index is 0.100. The Labute approximate surface area is 170 Å². The van der Waals surface area contributed by atoms with Gasteiger partial charge in [0.2, 0.25) is 16.8 Å². The molecule has 1 atom stereocenters. The number of hydrogen-bond acceptors (Lipinski definition) is 6. The average molecular weight is 406 g/mol. The maximum atomic E-state index is 13.3. The van der Waals surface area contributed by atoms with Crippen molar-refractivity contribution in [1.82, 2.24) is 4.57 Å². The number of fused-ring (bicyclic) bond motifs is 5. The molecule has 4 heterocycles. The number of para-hydroxylation sites is 1. The van der Waals surface area contributed by atoms with Crippen molar-refractivity contribution in [2.24, 2.45) is 0 Å². The summed E-state index contributed by atoms with van der Waals surface area (Å²) in [6, 6.07) is 10.7. The fourth-order valence-corrected chi connectivity index (χ4v) is 4.52. The second-order valence-electron chi connectivity index (χ2n) is 7.53. The predicted octanol–water partition coefficient (Wildman–Crippen LogP) is 1.89. The molecule has 5 rings (SSSR count). The Morgan fingerprint density at radius 1 is 1.30 bits per heavy atom. The summed E-state index contributed by atoms with van der Waals surface area (Å²) in [4.78, 5) is 37.7. The Kier molecular flexibility index (Phi) is 3.77. The monoisotopic (exact) mass is 406 g/mol. The molecule has 152 valence electrons. The highest BCUT2D eigenvalue weighted by Gasteiger charge is 2.50. The summed E-state index contributed by atoms with van der Waals surface area (Å²) in [5.41, 5.74) is 0.433. The Bertz CT molecular complexity index is 1330. The van der Waals surface area contributed by atoms with Crippen molar-refractivity contribution in [3.05, 3.63) is 68.6 Å². The molecule has 0 amide bonds. The summed E-state index contributed by atoms with van der Waals surface area (Å²) in [5.74, 6) is -1.38. The molecule has 0 bridgehead atoms. The first-order valence-corrected chi connectivity index (χ1v) is 9.66. The smallest absolute Gasteiger partial charge is 0.355 e. The largest absolute Gasteiger partial charge is 0.618 e. The van der Waals surface area contributed by atoms with E-state index in [1.807, 2.05) is 18.2 Å². The highest BCUT2D eigenvalue weighted by Crippen LogP contribution is 2.40. The van der Waals surface area contributed by atoms with Crippen molar-refractivity contribution in [2.45, 2.75) is 39.0 Å². The first-order chi connectivity index (χ1) is 14.4. The fraction of sp³-hybridized carbons (Fsp3) is 0.273. The van der Waals surface area contributed by atoms with Gasteiger partial charge in [-0.3, -0.25) is 14.2 Å². The number of pyridine rings is 2. The lowest BCUT2D eigenvalue weighted by molar-refractivity contribution is -0.565. The number of ether oxygens (including phenoxy) is 2. The number of nitrogens with zero attached hydrogens (tertiary/aromatic N) is 2. The third-order valence-electron chi connectivity index (χ3n) is 5.89. The average Bonchev–Trinajstić information content (AvgIpc) is 3.09. The number of esters is 2. The van der Waals surface area contributed by atoms with Gasteiger partial charge in [-0.15, -0.1) is 0 Å². The molecule has 30 heavy (non-hydrogen) atoms. The fourth-order valence-electron chi connectivity index (χ4n) is 4.52. The zero-order valence-electron chi connectivity index (χ0n) is 16.4. The molecule has 1 aromatic carbocycles. The van der Waals surface area contributed by atoms with E-state index in [1.165, 1.54) is 11.5 Å². The lowest BCUT2D eigenvalue weighted by atomic mass is 9.85. The number of aromatic nitrogens is 2. The molecule has 0 saturated heterocycles. The Balaban J connectivity index is 1.83. The van der Waals surface area contributed by atoms with Gasteiger partial charge in [-0.05, 0) is 24.6 Å². The van der Waals surface area contributed by atoms with Crippen molar-refractivity contribution in [2.75, 3.05) is 0 Å². The van der Waals surface area contributed by atoms with Crippen LogP contribution in [0.1, 0.15) is 37.0 Å². The van der Waals surface area contributed by atoms with E-state index >= 15 is 0 Å². The van der Waals surface area contributed by atoms with E-state index in [2.05, 4.69) is 0 Å². The van der Waals surface area contributed by atoms with Crippen molar-refractivity contribution in [1.29, 1.82) is 0 Å². The van der Waals surface area contributed by atoms with Gasteiger partial charge in [-0.2, -0.15) is 4.73 Å². The minimum atomic E-state index is -1.71. The van der Waals surface area contributed by atoms with E-state index in [4.69, 9.17) is 9.47 Å². The molecule has 0 saturated carbocycles. The lowest BCUT2D eigenvalue weighted by Crippen LogP contribution is -2.47. The van der Waals surface area contributed by atoms with Crippen molar-refractivity contribution in [3.63, 3.8) is 0 Å². The molecule has 1 unspecified atom stereocenters. The molecule has 8 heteroatoms. The second kappa shape index (κ2) is 6.16. The SMILES string of the molecule is CCC1(OC(C)=O)C(=O)OCc2c1cc1n(c2=O)Cc2cc3ccccc3[n+]([O-])c2-1. The van der Waals surface area contributed by atoms with Gasteiger partial charge in [0.1, 0.15) is 12.3 Å². The Morgan fingerprint density at radius 2 is 2.07 bits per heavy atom. The zero-order chi connectivity index (χ0) is 21.2. The number of carbonyl (C=O) groups excluding carboxylic acids is 2. The van der Waals surface area contributed by atoms with Crippen LogP contribution in [0.25, 0.3) is 22.3 Å². The van der Waals surface area contributed by atoms with E-state index in [1.54, 1.807) is 25.1 Å². The number of hydrogen-bond donors (Lipinski definition) is 0. The van der Waals surface area contributed by atoms with E-state index in [0.29, 0.717) is 22.5 Å². The van der Waals surface area contributed by atoms with Gasteiger partial charge in [-0.25, -0.2) is 4.79 Å². The van der Waals surface area contributed by atoms with Crippen LogP contribution < -0.4 is 10.3 Å². The van der Waals surface area contributed by atoms with Gasteiger partial charge in [-0.1, -0.05) is 19.1 Å². The molecule has 3 aromatic rings. The van der Waals surface area contributed by atoms with E-state index in [0.717, 1.165) is 10.1 Å². The maximum absolute atomic E-state index is 13.3. The summed E-state index contributed by atoms with van der Waals surface area (Å²) in [7, 11) is 0. The molecule has 0 spiro atoms. The first-order valence-electron chi connectivity index (χ1n) is 9.66. The molecular formula is C22H18N2O6. The number of benzene rings is 1. The normalized spacial score (nSPS) is 19.1. The van der Waals surface area contributed by atoms with Crippen molar-refractivity contribution >= 4 is 22.8 Å². The minimum Gasteiger partial charge on any atom is -0.618 e. The van der Waals surface area contributed by atoms with Gasteiger partial charge in [0.15, 0.2) is 0 Å². The third kappa shape index (κ3) is 2.27. The number of carbonyl (C=O) groups is 2.